The molecule has 5 heteroatoms. The molecule has 0 aliphatic heterocycles. The maximum Gasteiger partial charge on any atom is 0.140 e. The fraction of sp³-hybridized carbons (Fsp3) is 0.231. The Hall–Kier alpha value is -1.09. The van der Waals surface area contributed by atoms with Crippen LogP contribution in [0.3, 0.4) is 0 Å². The van der Waals surface area contributed by atoms with Gasteiger partial charge in [-0.3, -0.25) is 0 Å². The van der Waals surface area contributed by atoms with E-state index < -0.39 is 8.67 Å². The summed E-state index contributed by atoms with van der Waals surface area (Å²) in [6.45, 7) is 0. The standard InChI is InChI=1S/C26H22Cl4S/c27-25(28)15-11-21(12-16-25)23(19-7-3-1-4-8-19)31-24(20-9-5-2-6-10-20)22-13-17-26(29,30)18-14-22/h1-15,17,23-24H,16,18H2. The molecule has 0 amide bonds. The summed E-state index contributed by atoms with van der Waals surface area (Å²) in [5.74, 6) is 0. The third-order valence-electron chi connectivity index (χ3n) is 5.34. The average molecular weight is 508 g/mol. The van der Waals surface area contributed by atoms with Crippen molar-refractivity contribution >= 4 is 58.2 Å². The van der Waals surface area contributed by atoms with Crippen molar-refractivity contribution in [3.8, 4) is 0 Å². The minimum atomic E-state index is -0.840. The second kappa shape index (κ2) is 9.81. The summed E-state index contributed by atoms with van der Waals surface area (Å²) in [6, 6.07) is 21.1. The van der Waals surface area contributed by atoms with Gasteiger partial charge in [-0.15, -0.1) is 11.8 Å². The van der Waals surface area contributed by atoms with Gasteiger partial charge in [0.25, 0.3) is 0 Å². The summed E-state index contributed by atoms with van der Waals surface area (Å²) in [5.41, 5.74) is 4.90. The van der Waals surface area contributed by atoms with Crippen molar-refractivity contribution in [3.63, 3.8) is 0 Å². The first-order valence-electron chi connectivity index (χ1n) is 10.1. The van der Waals surface area contributed by atoms with Crippen LogP contribution in [0.25, 0.3) is 0 Å². The molecule has 0 N–H and O–H groups in total. The van der Waals surface area contributed by atoms with Gasteiger partial charge in [0.2, 0.25) is 0 Å². The maximum absolute atomic E-state index is 6.32. The molecule has 2 unspecified atom stereocenters. The van der Waals surface area contributed by atoms with Crippen LogP contribution in [0, 0.1) is 0 Å². The van der Waals surface area contributed by atoms with Crippen molar-refractivity contribution < 1.29 is 0 Å². The van der Waals surface area contributed by atoms with Crippen molar-refractivity contribution in [3.05, 3.63) is 119 Å². The Morgan fingerprint density at radius 1 is 0.613 bits per heavy atom. The van der Waals surface area contributed by atoms with Crippen LogP contribution in [0.1, 0.15) is 34.5 Å². The van der Waals surface area contributed by atoms with E-state index in [4.69, 9.17) is 46.4 Å². The molecule has 0 saturated carbocycles. The summed E-state index contributed by atoms with van der Waals surface area (Å²) < 4.78 is -1.68. The van der Waals surface area contributed by atoms with Crippen molar-refractivity contribution in [2.45, 2.75) is 32.0 Å². The largest absolute Gasteiger partial charge is 0.140 e. The molecule has 2 aromatic rings. The highest BCUT2D eigenvalue weighted by molar-refractivity contribution is 8.00. The molecule has 0 radical (unpaired) electrons. The number of thioether (sulfide) groups is 1. The molecule has 0 saturated heterocycles. The van der Waals surface area contributed by atoms with E-state index in [0.29, 0.717) is 12.8 Å². The highest BCUT2D eigenvalue weighted by Crippen LogP contribution is 2.51. The lowest BCUT2D eigenvalue weighted by Crippen LogP contribution is -2.14. The zero-order chi connectivity index (χ0) is 21.9. The van der Waals surface area contributed by atoms with Crippen LogP contribution in [0.15, 0.2) is 108 Å². The van der Waals surface area contributed by atoms with Gasteiger partial charge in [-0.05, 0) is 34.4 Å². The van der Waals surface area contributed by atoms with Crippen molar-refractivity contribution in [2.24, 2.45) is 0 Å². The van der Waals surface area contributed by atoms with E-state index in [0.717, 1.165) is 0 Å². The monoisotopic (exact) mass is 506 g/mol. The molecule has 0 heterocycles. The smallest absolute Gasteiger partial charge is 0.136 e. The predicted octanol–water partition coefficient (Wildman–Crippen LogP) is 9.32. The molecule has 2 aliphatic rings. The SMILES string of the molecule is ClC1(Cl)C=CC(C(SC(C2=CCC(Cl)(Cl)C=C2)c2ccccc2)c2ccccc2)=CC1. The second-order valence-electron chi connectivity index (χ2n) is 7.72. The molecule has 160 valence electrons. The van der Waals surface area contributed by atoms with E-state index in [9.17, 15) is 0 Å². The Bertz CT molecular complexity index is 936. The molecule has 0 fully saturated rings. The molecule has 0 nitrogen and oxygen atoms in total. The first-order chi connectivity index (χ1) is 14.8. The topological polar surface area (TPSA) is 0 Å². The van der Waals surface area contributed by atoms with Crippen molar-refractivity contribution in [1.29, 1.82) is 0 Å². The Kier molecular flexibility index (Phi) is 7.30. The highest BCUT2D eigenvalue weighted by Gasteiger charge is 2.30. The van der Waals surface area contributed by atoms with Gasteiger partial charge < -0.3 is 0 Å². The lowest BCUT2D eigenvalue weighted by atomic mass is 9.98. The molecular weight excluding hydrogens is 486 g/mol. The van der Waals surface area contributed by atoms with E-state index in [1.807, 2.05) is 36.0 Å². The maximum atomic E-state index is 6.32. The van der Waals surface area contributed by atoms with Crippen molar-refractivity contribution in [2.75, 3.05) is 0 Å². The summed E-state index contributed by atoms with van der Waals surface area (Å²) in [4.78, 5) is 0. The highest BCUT2D eigenvalue weighted by atomic mass is 35.5. The average Bonchev–Trinajstić information content (AvgIpc) is 2.77. The molecule has 4 rings (SSSR count). The molecule has 0 spiro atoms. The van der Waals surface area contributed by atoms with Crippen LogP contribution in [0.2, 0.25) is 0 Å². The van der Waals surface area contributed by atoms with Crippen molar-refractivity contribution in [1.82, 2.24) is 0 Å². The van der Waals surface area contributed by atoms with Gasteiger partial charge in [0.05, 0.1) is 10.5 Å². The van der Waals surface area contributed by atoms with Crippen LogP contribution in [0.4, 0.5) is 0 Å². The summed E-state index contributed by atoms with van der Waals surface area (Å²) in [5, 5.41) is 0.250. The number of hydrogen-bond acceptors (Lipinski definition) is 1. The van der Waals surface area contributed by atoms with E-state index in [1.165, 1.54) is 22.3 Å². The van der Waals surface area contributed by atoms with Gasteiger partial charge in [-0.25, -0.2) is 0 Å². The molecule has 2 aromatic carbocycles. The zero-order valence-corrected chi connectivity index (χ0v) is 20.6. The molecule has 31 heavy (non-hydrogen) atoms. The predicted molar refractivity (Wildman–Crippen MR) is 139 cm³/mol. The number of benzene rings is 2. The van der Waals surface area contributed by atoms with Gasteiger partial charge in [0.1, 0.15) is 8.67 Å². The van der Waals surface area contributed by atoms with Gasteiger partial charge in [-0.1, -0.05) is 131 Å². The first kappa shape index (κ1) is 23.1. The first-order valence-corrected chi connectivity index (χ1v) is 12.6. The number of halogens is 4. The quantitative estimate of drug-likeness (QED) is 0.351. The summed E-state index contributed by atoms with van der Waals surface area (Å²) >= 11 is 27.2. The number of alkyl halides is 4. The number of rotatable bonds is 6. The van der Waals surface area contributed by atoms with E-state index in [2.05, 4.69) is 72.8 Å². The van der Waals surface area contributed by atoms with E-state index >= 15 is 0 Å². The lowest BCUT2D eigenvalue weighted by molar-refractivity contribution is 0.920. The van der Waals surface area contributed by atoms with Gasteiger partial charge in [-0.2, -0.15) is 0 Å². The number of allylic oxidation sites excluding steroid dienone is 6. The Labute approximate surface area is 208 Å². The summed E-state index contributed by atoms with van der Waals surface area (Å²) in [6.07, 6.45) is 13.4. The molecular formula is C26H22Cl4S. The van der Waals surface area contributed by atoms with E-state index in [1.54, 1.807) is 0 Å². The molecule has 0 aromatic heterocycles. The number of hydrogen-bond donors (Lipinski definition) is 0. The van der Waals surface area contributed by atoms with Crippen LogP contribution < -0.4 is 0 Å². The minimum absolute atomic E-state index is 0.125. The normalized spacial score (nSPS) is 21.2. The molecule has 0 bridgehead atoms. The Balaban J connectivity index is 1.71. The Morgan fingerprint density at radius 3 is 1.32 bits per heavy atom. The third kappa shape index (κ3) is 6.03. The van der Waals surface area contributed by atoms with Gasteiger partial charge >= 0.3 is 0 Å². The Morgan fingerprint density at radius 2 is 1.00 bits per heavy atom. The van der Waals surface area contributed by atoms with Crippen LogP contribution in [-0.4, -0.2) is 8.67 Å². The van der Waals surface area contributed by atoms with Crippen LogP contribution in [-0.2, 0) is 0 Å². The summed E-state index contributed by atoms with van der Waals surface area (Å²) in [7, 11) is 0. The fourth-order valence-electron chi connectivity index (χ4n) is 3.70. The van der Waals surface area contributed by atoms with E-state index in [-0.39, 0.29) is 10.5 Å². The van der Waals surface area contributed by atoms with Gasteiger partial charge in [0.15, 0.2) is 0 Å². The zero-order valence-electron chi connectivity index (χ0n) is 16.7. The lowest BCUT2D eigenvalue weighted by Gasteiger charge is -2.30. The van der Waals surface area contributed by atoms with Crippen LogP contribution >= 0.6 is 58.2 Å². The van der Waals surface area contributed by atoms with Crippen LogP contribution in [0.5, 0.6) is 0 Å². The molecule has 2 aliphatic carbocycles. The minimum Gasteiger partial charge on any atom is -0.136 e. The molecule has 2 atom stereocenters. The second-order valence-corrected chi connectivity index (χ2v) is 12.0. The fourth-order valence-corrected chi connectivity index (χ4v) is 5.82. The van der Waals surface area contributed by atoms with Gasteiger partial charge in [0, 0.05) is 12.8 Å². The third-order valence-corrected chi connectivity index (χ3v) is 8.10.